The molecule has 1 aromatic heterocycles. The van der Waals surface area contributed by atoms with Crippen molar-refractivity contribution >= 4 is 17.7 Å². The van der Waals surface area contributed by atoms with E-state index in [1.54, 1.807) is 7.11 Å². The first-order chi connectivity index (χ1) is 15.7. The van der Waals surface area contributed by atoms with E-state index in [4.69, 9.17) is 9.15 Å². The van der Waals surface area contributed by atoms with Gasteiger partial charge in [-0.05, 0) is 35.4 Å². The van der Waals surface area contributed by atoms with E-state index >= 15 is 0 Å². The van der Waals surface area contributed by atoms with Gasteiger partial charge in [0.15, 0.2) is 0 Å². The van der Waals surface area contributed by atoms with Crippen LogP contribution in [0, 0.1) is 0 Å². The minimum atomic E-state index is -0.0870. The number of rotatable bonds is 9. The van der Waals surface area contributed by atoms with Crippen molar-refractivity contribution in [1.82, 2.24) is 15.5 Å². The summed E-state index contributed by atoms with van der Waals surface area (Å²) in [5.74, 6) is 1.35. The van der Waals surface area contributed by atoms with E-state index in [9.17, 15) is 4.79 Å². The van der Waals surface area contributed by atoms with Crippen LogP contribution in [0.3, 0.4) is 0 Å². The highest BCUT2D eigenvalue weighted by atomic mass is 32.2. The molecule has 0 bridgehead atoms. The van der Waals surface area contributed by atoms with E-state index in [2.05, 4.69) is 39.8 Å². The molecule has 0 aliphatic rings. The number of carbonyl (C=O) groups excluding carboxylic acids is 1. The highest BCUT2D eigenvalue weighted by molar-refractivity contribution is 7.99. The Hall–Kier alpha value is -3.58. The standard InChI is InChI=1S/C25H23N3O3S/c1-30-21-14-12-20(13-15-21)24-27-28-25(31-24)32-17-23(29)26-16-22(18-8-4-2-5-9-18)19-10-6-3-7-11-19/h2-15,22H,16-17H2,1H3,(H,26,29). The van der Waals surface area contributed by atoms with Crippen LogP contribution in [0.25, 0.3) is 11.5 Å². The zero-order valence-electron chi connectivity index (χ0n) is 17.6. The summed E-state index contributed by atoms with van der Waals surface area (Å²) in [6.45, 7) is 0.508. The third kappa shape index (κ3) is 5.56. The van der Waals surface area contributed by atoms with Crippen LogP contribution in [0.15, 0.2) is 94.6 Å². The average Bonchev–Trinajstić information content (AvgIpc) is 3.33. The largest absolute Gasteiger partial charge is 0.497 e. The quantitative estimate of drug-likeness (QED) is 0.374. The molecule has 0 fully saturated rings. The number of benzene rings is 3. The molecule has 0 aliphatic carbocycles. The summed E-state index contributed by atoms with van der Waals surface area (Å²) >= 11 is 1.22. The van der Waals surface area contributed by atoms with Crippen molar-refractivity contribution in [2.24, 2.45) is 0 Å². The normalized spacial score (nSPS) is 10.8. The number of hydrogen-bond acceptors (Lipinski definition) is 6. The molecule has 1 amide bonds. The topological polar surface area (TPSA) is 77.2 Å². The molecule has 32 heavy (non-hydrogen) atoms. The number of hydrogen-bond donors (Lipinski definition) is 1. The molecule has 162 valence electrons. The number of nitrogens with zero attached hydrogens (tertiary/aromatic N) is 2. The lowest BCUT2D eigenvalue weighted by molar-refractivity contribution is -0.118. The smallest absolute Gasteiger partial charge is 0.277 e. The number of ether oxygens (including phenoxy) is 1. The number of thioether (sulfide) groups is 1. The van der Waals surface area contributed by atoms with Crippen molar-refractivity contribution < 1.29 is 13.9 Å². The van der Waals surface area contributed by atoms with Crippen LogP contribution < -0.4 is 10.1 Å². The van der Waals surface area contributed by atoms with Gasteiger partial charge in [0.2, 0.25) is 11.8 Å². The molecular weight excluding hydrogens is 422 g/mol. The Morgan fingerprint density at radius 1 is 0.938 bits per heavy atom. The molecule has 1 N–H and O–H groups in total. The number of nitrogens with one attached hydrogen (secondary N) is 1. The van der Waals surface area contributed by atoms with Gasteiger partial charge in [-0.25, -0.2) is 0 Å². The van der Waals surface area contributed by atoms with Gasteiger partial charge >= 0.3 is 0 Å². The Labute approximate surface area is 191 Å². The molecule has 6 nitrogen and oxygen atoms in total. The van der Waals surface area contributed by atoms with E-state index in [0.717, 1.165) is 22.4 Å². The monoisotopic (exact) mass is 445 g/mol. The first kappa shape index (κ1) is 21.6. The molecule has 0 saturated carbocycles. The summed E-state index contributed by atoms with van der Waals surface area (Å²) < 4.78 is 10.8. The van der Waals surface area contributed by atoms with Crippen molar-refractivity contribution in [2.75, 3.05) is 19.4 Å². The van der Waals surface area contributed by atoms with E-state index < -0.39 is 0 Å². The predicted octanol–water partition coefficient (Wildman–Crippen LogP) is 4.79. The fraction of sp³-hybridized carbons (Fsp3) is 0.160. The molecule has 0 saturated heterocycles. The first-order valence-electron chi connectivity index (χ1n) is 10.2. The van der Waals surface area contributed by atoms with E-state index in [-0.39, 0.29) is 17.6 Å². The number of amides is 1. The maximum Gasteiger partial charge on any atom is 0.277 e. The predicted molar refractivity (Wildman–Crippen MR) is 125 cm³/mol. The zero-order valence-corrected chi connectivity index (χ0v) is 18.4. The summed E-state index contributed by atoms with van der Waals surface area (Å²) in [4.78, 5) is 12.5. The lowest BCUT2D eigenvalue weighted by Crippen LogP contribution is -2.30. The third-order valence-electron chi connectivity index (χ3n) is 4.98. The van der Waals surface area contributed by atoms with Crippen molar-refractivity contribution in [3.63, 3.8) is 0 Å². The molecule has 0 aliphatic heterocycles. The maximum absolute atomic E-state index is 12.5. The minimum Gasteiger partial charge on any atom is -0.497 e. The lowest BCUT2D eigenvalue weighted by atomic mass is 9.91. The molecule has 4 rings (SSSR count). The van der Waals surface area contributed by atoms with E-state index in [1.807, 2.05) is 60.7 Å². The fourth-order valence-corrected chi connectivity index (χ4v) is 3.90. The van der Waals surface area contributed by atoms with Gasteiger partial charge in [0.05, 0.1) is 12.9 Å². The lowest BCUT2D eigenvalue weighted by Gasteiger charge is -2.18. The first-order valence-corrected chi connectivity index (χ1v) is 11.2. The summed E-state index contributed by atoms with van der Waals surface area (Å²) in [6, 6.07) is 27.7. The Bertz CT molecular complexity index is 1090. The molecule has 0 unspecified atom stereocenters. The summed E-state index contributed by atoms with van der Waals surface area (Å²) in [7, 11) is 1.61. The van der Waals surface area contributed by atoms with Crippen LogP contribution >= 0.6 is 11.8 Å². The van der Waals surface area contributed by atoms with Crippen LogP contribution in [0.5, 0.6) is 5.75 Å². The SMILES string of the molecule is COc1ccc(-c2nnc(SCC(=O)NCC(c3ccccc3)c3ccccc3)o2)cc1. The van der Waals surface area contributed by atoms with Crippen molar-refractivity contribution in [3.8, 4) is 17.2 Å². The molecule has 0 spiro atoms. The van der Waals surface area contributed by atoms with Crippen molar-refractivity contribution in [2.45, 2.75) is 11.1 Å². The second-order valence-corrected chi connectivity index (χ2v) is 7.99. The van der Waals surface area contributed by atoms with Gasteiger partial charge in [0, 0.05) is 18.0 Å². The fourth-order valence-electron chi connectivity index (χ4n) is 3.31. The van der Waals surface area contributed by atoms with Gasteiger partial charge in [-0.15, -0.1) is 10.2 Å². The van der Waals surface area contributed by atoms with Crippen LogP contribution in [0.1, 0.15) is 17.0 Å². The molecule has 7 heteroatoms. The van der Waals surface area contributed by atoms with Gasteiger partial charge in [-0.3, -0.25) is 4.79 Å². The number of methoxy groups -OCH3 is 1. The van der Waals surface area contributed by atoms with Gasteiger partial charge in [-0.2, -0.15) is 0 Å². The van der Waals surface area contributed by atoms with Gasteiger partial charge in [-0.1, -0.05) is 72.4 Å². The molecule has 1 heterocycles. The summed E-state index contributed by atoms with van der Waals surface area (Å²) in [5.41, 5.74) is 3.11. The van der Waals surface area contributed by atoms with E-state index in [1.165, 1.54) is 11.8 Å². The highest BCUT2D eigenvalue weighted by Gasteiger charge is 2.16. The molecule has 3 aromatic carbocycles. The van der Waals surface area contributed by atoms with Crippen LogP contribution in [-0.2, 0) is 4.79 Å². The Morgan fingerprint density at radius 2 is 1.56 bits per heavy atom. The minimum absolute atomic E-state index is 0.0800. The van der Waals surface area contributed by atoms with Crippen LogP contribution in [0.4, 0.5) is 0 Å². The second-order valence-electron chi connectivity index (χ2n) is 7.07. The number of aromatic nitrogens is 2. The van der Waals surface area contributed by atoms with Gasteiger partial charge in [0.25, 0.3) is 5.22 Å². The van der Waals surface area contributed by atoms with Crippen LogP contribution in [-0.4, -0.2) is 35.5 Å². The molecule has 0 radical (unpaired) electrons. The third-order valence-corrected chi connectivity index (χ3v) is 5.80. The molecular formula is C25H23N3O3S. The van der Waals surface area contributed by atoms with Crippen molar-refractivity contribution in [1.29, 1.82) is 0 Å². The zero-order chi connectivity index (χ0) is 22.2. The molecule has 0 atom stereocenters. The van der Waals surface area contributed by atoms with Crippen LogP contribution in [0.2, 0.25) is 0 Å². The summed E-state index contributed by atoms with van der Waals surface area (Å²) in [6.07, 6.45) is 0. The van der Waals surface area contributed by atoms with Gasteiger partial charge < -0.3 is 14.5 Å². The van der Waals surface area contributed by atoms with E-state index in [0.29, 0.717) is 17.7 Å². The highest BCUT2D eigenvalue weighted by Crippen LogP contribution is 2.26. The Kier molecular flexibility index (Phi) is 7.19. The Morgan fingerprint density at radius 3 is 2.16 bits per heavy atom. The molecule has 4 aromatic rings. The number of carbonyl (C=O) groups is 1. The summed E-state index contributed by atoms with van der Waals surface area (Å²) in [5, 5.41) is 11.5. The van der Waals surface area contributed by atoms with Gasteiger partial charge in [0.1, 0.15) is 5.75 Å². The van der Waals surface area contributed by atoms with Crippen molar-refractivity contribution in [3.05, 3.63) is 96.1 Å². The maximum atomic E-state index is 12.5. The Balaban J connectivity index is 1.34. The second kappa shape index (κ2) is 10.6. The average molecular weight is 446 g/mol.